The number of carbonyl (C=O) groups excluding carboxylic acids is 1. The molecule has 0 saturated carbocycles. The van der Waals surface area contributed by atoms with Crippen molar-refractivity contribution >= 4 is 15.9 Å². The lowest BCUT2D eigenvalue weighted by atomic mass is 10.1. The Morgan fingerprint density at radius 1 is 1.03 bits per heavy atom. The molecule has 1 N–H and O–H groups in total. The summed E-state index contributed by atoms with van der Waals surface area (Å²) < 4.78 is 28.0. The van der Waals surface area contributed by atoms with Crippen LogP contribution in [0.1, 0.15) is 16.7 Å². The second-order valence-electron chi connectivity index (χ2n) is 7.91. The topological polar surface area (TPSA) is 62.1 Å². The van der Waals surface area contributed by atoms with Crippen LogP contribution in [-0.4, -0.2) is 63.3 Å². The van der Waals surface area contributed by atoms with Gasteiger partial charge in [-0.15, -0.1) is 0 Å². The maximum Gasteiger partial charge on any atom is 0.243 e. The minimum Gasteiger partial charge on any atom is -0.334 e. The van der Waals surface area contributed by atoms with Crippen molar-refractivity contribution in [2.75, 3.05) is 39.8 Å². The highest BCUT2D eigenvalue weighted by Gasteiger charge is 2.30. The molecule has 1 aliphatic rings. The summed E-state index contributed by atoms with van der Waals surface area (Å²) in [6.45, 7) is 7.00. The summed E-state index contributed by atoms with van der Waals surface area (Å²) in [7, 11) is -1.69. The van der Waals surface area contributed by atoms with Crippen molar-refractivity contribution in [3.63, 3.8) is 0 Å². The van der Waals surface area contributed by atoms with Gasteiger partial charge in [-0.05, 0) is 31.5 Å². The first-order valence-electron chi connectivity index (χ1n) is 9.97. The van der Waals surface area contributed by atoms with E-state index in [0.717, 1.165) is 29.8 Å². The van der Waals surface area contributed by atoms with Gasteiger partial charge >= 0.3 is 0 Å². The van der Waals surface area contributed by atoms with E-state index in [4.69, 9.17) is 0 Å². The van der Waals surface area contributed by atoms with Gasteiger partial charge in [0, 0.05) is 6.54 Å². The largest absolute Gasteiger partial charge is 0.334 e. The van der Waals surface area contributed by atoms with Crippen molar-refractivity contribution in [1.82, 2.24) is 9.21 Å². The van der Waals surface area contributed by atoms with Crippen LogP contribution in [0.5, 0.6) is 0 Å². The molecule has 7 heteroatoms. The van der Waals surface area contributed by atoms with Crippen LogP contribution in [0.3, 0.4) is 0 Å². The number of rotatable bonds is 6. The lowest BCUT2D eigenvalue weighted by molar-refractivity contribution is -0.883. The van der Waals surface area contributed by atoms with Crippen molar-refractivity contribution in [2.24, 2.45) is 0 Å². The molecule has 0 unspecified atom stereocenters. The van der Waals surface area contributed by atoms with Crippen molar-refractivity contribution < 1.29 is 18.1 Å². The lowest BCUT2D eigenvalue weighted by Gasteiger charge is -2.32. The van der Waals surface area contributed by atoms with Crippen molar-refractivity contribution in [3.8, 4) is 0 Å². The Hall–Kier alpha value is -2.22. The molecule has 1 amide bonds. The number of hydrogen-bond acceptors (Lipinski definition) is 3. The van der Waals surface area contributed by atoms with Gasteiger partial charge in [0.1, 0.15) is 0 Å². The molecule has 156 valence electrons. The van der Waals surface area contributed by atoms with Gasteiger partial charge in [0.25, 0.3) is 0 Å². The minimum atomic E-state index is -3.79. The van der Waals surface area contributed by atoms with Crippen LogP contribution < -0.4 is 4.90 Å². The Morgan fingerprint density at radius 3 is 2.31 bits per heavy atom. The van der Waals surface area contributed by atoms with Crippen LogP contribution in [0.25, 0.3) is 0 Å². The third-order valence-corrected chi connectivity index (χ3v) is 7.19. The summed E-state index contributed by atoms with van der Waals surface area (Å²) in [5.74, 6) is -0.138. The zero-order valence-electron chi connectivity index (χ0n) is 17.4. The van der Waals surface area contributed by atoms with Gasteiger partial charge < -0.3 is 9.80 Å². The van der Waals surface area contributed by atoms with E-state index in [1.54, 1.807) is 29.2 Å². The predicted molar refractivity (Wildman–Crippen MR) is 113 cm³/mol. The van der Waals surface area contributed by atoms with Crippen LogP contribution in [0, 0.1) is 13.8 Å². The van der Waals surface area contributed by atoms with Gasteiger partial charge in [-0.25, -0.2) is 8.42 Å². The fraction of sp³-hybridized carbons (Fsp3) is 0.409. The standard InChI is InChI=1S/C22H29N3O3S/c1-18-7-9-21(10-8-18)29(27,28)25(16-20-6-4-5-19(2)15-20)17-22(26)24-13-11-23(3)12-14-24/h4-10,15H,11-14,16-17H2,1-3H3/p+1. The molecule has 2 aromatic rings. The van der Waals surface area contributed by atoms with Gasteiger partial charge in [-0.3, -0.25) is 4.79 Å². The highest BCUT2D eigenvalue weighted by Crippen LogP contribution is 2.20. The first kappa shape index (κ1) is 21.5. The number of hydrogen-bond donors (Lipinski definition) is 1. The summed E-state index contributed by atoms with van der Waals surface area (Å²) in [5, 5.41) is 0. The Labute approximate surface area is 173 Å². The van der Waals surface area contributed by atoms with E-state index in [-0.39, 0.29) is 23.9 Å². The number of likely N-dealkylation sites (N-methyl/N-ethyl adjacent to an activating group) is 1. The summed E-state index contributed by atoms with van der Waals surface area (Å²) in [4.78, 5) is 16.3. The number of benzene rings is 2. The number of carbonyl (C=O) groups is 1. The summed E-state index contributed by atoms with van der Waals surface area (Å²) >= 11 is 0. The Bertz CT molecular complexity index is 950. The monoisotopic (exact) mass is 416 g/mol. The van der Waals surface area contributed by atoms with Gasteiger partial charge in [0.2, 0.25) is 15.9 Å². The molecule has 2 aromatic carbocycles. The highest BCUT2D eigenvalue weighted by molar-refractivity contribution is 7.89. The van der Waals surface area contributed by atoms with Gasteiger partial charge in [-0.1, -0.05) is 47.5 Å². The van der Waals surface area contributed by atoms with Crippen molar-refractivity contribution in [3.05, 3.63) is 65.2 Å². The van der Waals surface area contributed by atoms with E-state index in [1.165, 1.54) is 9.21 Å². The lowest BCUT2D eigenvalue weighted by Crippen LogP contribution is -3.12. The molecule has 0 atom stereocenters. The van der Waals surface area contributed by atoms with E-state index in [2.05, 4.69) is 7.05 Å². The third kappa shape index (κ3) is 5.44. The first-order chi connectivity index (χ1) is 13.8. The molecule has 1 saturated heterocycles. The predicted octanol–water partition coefficient (Wildman–Crippen LogP) is 0.851. The van der Waals surface area contributed by atoms with E-state index in [0.29, 0.717) is 13.1 Å². The number of nitrogens with zero attached hydrogens (tertiary/aromatic N) is 2. The average Bonchev–Trinajstić information content (AvgIpc) is 2.68. The third-order valence-electron chi connectivity index (χ3n) is 5.38. The van der Waals surface area contributed by atoms with Crippen molar-refractivity contribution in [2.45, 2.75) is 25.3 Å². The van der Waals surface area contributed by atoms with Crippen LogP contribution in [0.15, 0.2) is 53.4 Å². The zero-order valence-corrected chi connectivity index (χ0v) is 18.2. The maximum absolute atomic E-state index is 13.4. The van der Waals surface area contributed by atoms with E-state index >= 15 is 0 Å². The number of quaternary nitrogens is 1. The van der Waals surface area contributed by atoms with Crippen LogP contribution in [0.2, 0.25) is 0 Å². The number of sulfonamides is 1. The molecule has 3 rings (SSSR count). The molecule has 0 spiro atoms. The smallest absolute Gasteiger partial charge is 0.243 e. The van der Waals surface area contributed by atoms with Crippen LogP contribution >= 0.6 is 0 Å². The molecular formula is C22H30N3O3S+. The summed E-state index contributed by atoms with van der Waals surface area (Å²) in [6, 6.07) is 14.5. The molecule has 6 nitrogen and oxygen atoms in total. The SMILES string of the molecule is Cc1ccc(S(=O)(=O)N(CC(=O)N2CC[NH+](C)CC2)Cc2cccc(C)c2)cc1. The van der Waals surface area contributed by atoms with Gasteiger partial charge in [0.05, 0.1) is 44.7 Å². The molecule has 1 aliphatic heterocycles. The normalized spacial score (nSPS) is 15.7. The van der Waals surface area contributed by atoms with Crippen LogP contribution in [0.4, 0.5) is 0 Å². The molecule has 0 aromatic heterocycles. The van der Waals surface area contributed by atoms with E-state index < -0.39 is 10.0 Å². The number of piperazine rings is 1. The second-order valence-corrected chi connectivity index (χ2v) is 9.85. The minimum absolute atomic E-state index is 0.138. The Kier molecular flexibility index (Phi) is 6.72. The number of nitrogens with one attached hydrogen (secondary N) is 1. The molecule has 0 radical (unpaired) electrons. The zero-order chi connectivity index (χ0) is 21.0. The fourth-order valence-electron chi connectivity index (χ4n) is 3.49. The summed E-state index contributed by atoms with van der Waals surface area (Å²) in [5.41, 5.74) is 2.92. The number of aryl methyl sites for hydroxylation is 2. The molecule has 1 heterocycles. The van der Waals surface area contributed by atoms with Gasteiger partial charge in [0.15, 0.2) is 0 Å². The average molecular weight is 417 g/mol. The van der Waals surface area contributed by atoms with Gasteiger partial charge in [-0.2, -0.15) is 4.31 Å². The molecule has 0 aliphatic carbocycles. The van der Waals surface area contributed by atoms with E-state index in [9.17, 15) is 13.2 Å². The quantitative estimate of drug-likeness (QED) is 0.760. The fourth-order valence-corrected chi connectivity index (χ4v) is 4.87. The molecular weight excluding hydrogens is 386 g/mol. The second kappa shape index (κ2) is 9.07. The molecule has 29 heavy (non-hydrogen) atoms. The summed E-state index contributed by atoms with van der Waals surface area (Å²) in [6.07, 6.45) is 0. The number of amides is 1. The van der Waals surface area contributed by atoms with Crippen molar-refractivity contribution in [1.29, 1.82) is 0 Å². The van der Waals surface area contributed by atoms with E-state index in [1.807, 2.05) is 38.1 Å². The molecule has 0 bridgehead atoms. The Morgan fingerprint density at radius 2 is 1.69 bits per heavy atom. The Balaban J connectivity index is 1.86. The van der Waals surface area contributed by atoms with Crippen LogP contribution in [-0.2, 0) is 21.4 Å². The first-order valence-corrected chi connectivity index (χ1v) is 11.4. The molecule has 1 fully saturated rings. The highest BCUT2D eigenvalue weighted by atomic mass is 32.2. The maximum atomic E-state index is 13.4.